The highest BCUT2D eigenvalue weighted by Crippen LogP contribution is 2.57. The number of ether oxygens (including phenoxy) is 2. The van der Waals surface area contributed by atoms with Crippen molar-refractivity contribution in [3.63, 3.8) is 0 Å². The second-order valence-electron chi connectivity index (χ2n) is 10.0. The van der Waals surface area contributed by atoms with E-state index < -0.39 is 35.1 Å². The van der Waals surface area contributed by atoms with Crippen LogP contribution < -0.4 is 4.90 Å². The summed E-state index contributed by atoms with van der Waals surface area (Å²) >= 11 is 0. The number of benzene rings is 2. The van der Waals surface area contributed by atoms with E-state index in [2.05, 4.69) is 0 Å². The standard InChI is InChI=1S/C30H31NO6/c1-3-36-28(34)30(29(35)37-4-2)17-21-16-20(15-19-11-7-5-8-12-19)24-25(23(21)18-30)27(33)31(26(24)32)22-13-9-6-10-14-22/h5-14,16,20,23-25H,3-4,15,17-18H2,1-2H3/t20-,23+,24-,25+/m1/s1. The zero-order chi connectivity index (χ0) is 26.2. The minimum atomic E-state index is -1.52. The van der Waals surface area contributed by atoms with Gasteiger partial charge in [-0.3, -0.25) is 24.1 Å². The number of anilines is 1. The fraction of sp³-hybridized carbons (Fsp3) is 0.400. The van der Waals surface area contributed by atoms with Crippen molar-refractivity contribution in [3.05, 3.63) is 77.9 Å². The molecule has 1 saturated carbocycles. The quantitative estimate of drug-likeness (QED) is 0.245. The van der Waals surface area contributed by atoms with Gasteiger partial charge in [0, 0.05) is 0 Å². The summed E-state index contributed by atoms with van der Waals surface area (Å²) in [5.74, 6) is -3.68. The molecule has 2 aliphatic carbocycles. The van der Waals surface area contributed by atoms with E-state index in [1.165, 1.54) is 4.90 Å². The molecule has 1 saturated heterocycles. The molecule has 3 aliphatic rings. The molecule has 37 heavy (non-hydrogen) atoms. The molecule has 4 atom stereocenters. The Morgan fingerprint density at radius 2 is 1.43 bits per heavy atom. The van der Waals surface area contributed by atoms with Crippen LogP contribution in [-0.2, 0) is 35.1 Å². The van der Waals surface area contributed by atoms with Crippen molar-refractivity contribution in [2.24, 2.45) is 29.1 Å². The first-order chi connectivity index (χ1) is 17.9. The first-order valence-corrected chi connectivity index (χ1v) is 12.9. The van der Waals surface area contributed by atoms with Crippen LogP contribution in [0, 0.1) is 29.1 Å². The maximum absolute atomic E-state index is 13.9. The Balaban J connectivity index is 1.59. The molecule has 0 aromatic heterocycles. The van der Waals surface area contributed by atoms with Crippen molar-refractivity contribution in [3.8, 4) is 0 Å². The average molecular weight is 502 g/mol. The maximum Gasteiger partial charge on any atom is 0.323 e. The fourth-order valence-electron chi connectivity index (χ4n) is 6.40. The number of imide groups is 1. The summed E-state index contributed by atoms with van der Waals surface area (Å²) in [4.78, 5) is 55.5. The van der Waals surface area contributed by atoms with Crippen molar-refractivity contribution in [2.75, 3.05) is 18.1 Å². The van der Waals surface area contributed by atoms with Crippen molar-refractivity contribution in [1.29, 1.82) is 0 Å². The molecule has 0 spiro atoms. The number of esters is 2. The van der Waals surface area contributed by atoms with E-state index >= 15 is 0 Å². The van der Waals surface area contributed by atoms with Gasteiger partial charge in [-0.25, -0.2) is 0 Å². The maximum atomic E-state index is 13.9. The minimum absolute atomic E-state index is 0.0946. The van der Waals surface area contributed by atoms with Crippen LogP contribution in [0.1, 0.15) is 32.3 Å². The molecular weight excluding hydrogens is 470 g/mol. The second kappa shape index (κ2) is 9.96. The lowest BCUT2D eigenvalue weighted by molar-refractivity contribution is -0.172. The second-order valence-corrected chi connectivity index (χ2v) is 10.0. The number of amides is 2. The normalized spacial score (nSPS) is 25.8. The number of para-hydroxylation sites is 1. The van der Waals surface area contributed by atoms with Crippen LogP contribution in [0.5, 0.6) is 0 Å². The predicted molar refractivity (Wildman–Crippen MR) is 136 cm³/mol. The molecule has 2 fully saturated rings. The summed E-state index contributed by atoms with van der Waals surface area (Å²) in [6.45, 7) is 3.65. The molecule has 2 aromatic rings. The summed E-state index contributed by atoms with van der Waals surface area (Å²) in [5, 5.41) is 0. The predicted octanol–water partition coefficient (Wildman–Crippen LogP) is 4.11. The van der Waals surface area contributed by atoms with Gasteiger partial charge >= 0.3 is 11.9 Å². The van der Waals surface area contributed by atoms with E-state index in [0.717, 1.165) is 11.1 Å². The highest BCUT2D eigenvalue weighted by Gasteiger charge is 2.64. The van der Waals surface area contributed by atoms with Crippen molar-refractivity contribution >= 4 is 29.4 Å². The molecule has 192 valence electrons. The molecule has 5 rings (SSSR count). The molecular formula is C30H31NO6. The van der Waals surface area contributed by atoms with E-state index in [-0.39, 0.29) is 43.8 Å². The number of allylic oxidation sites excluding steroid dienone is 2. The molecule has 0 radical (unpaired) electrons. The molecule has 2 aromatic carbocycles. The number of hydrogen-bond acceptors (Lipinski definition) is 6. The molecule has 0 N–H and O–H groups in total. The number of carbonyl (C=O) groups excluding carboxylic acids is 4. The van der Waals surface area contributed by atoms with Crippen LogP contribution >= 0.6 is 0 Å². The van der Waals surface area contributed by atoms with E-state index in [4.69, 9.17) is 9.47 Å². The zero-order valence-electron chi connectivity index (χ0n) is 21.1. The van der Waals surface area contributed by atoms with E-state index in [9.17, 15) is 19.2 Å². The Bertz CT molecular complexity index is 1220. The monoisotopic (exact) mass is 501 g/mol. The molecule has 0 bridgehead atoms. The van der Waals surface area contributed by atoms with E-state index in [1.54, 1.807) is 38.1 Å². The SMILES string of the molecule is CCOC(=O)C1(C(=O)OCC)CC2=C[C@@H](Cc3ccccc3)[C@H]3C(=O)N(c4ccccc4)C(=O)[C@H]3[C@H]2C1. The van der Waals surface area contributed by atoms with Crippen LogP contribution in [0.25, 0.3) is 0 Å². The van der Waals surface area contributed by atoms with Crippen LogP contribution in [-0.4, -0.2) is 37.0 Å². The molecule has 7 nitrogen and oxygen atoms in total. The number of carbonyl (C=O) groups is 4. The molecule has 2 amide bonds. The Hall–Kier alpha value is -3.74. The number of hydrogen-bond donors (Lipinski definition) is 0. The lowest BCUT2D eigenvalue weighted by Gasteiger charge is -2.33. The smallest absolute Gasteiger partial charge is 0.323 e. The topological polar surface area (TPSA) is 90.0 Å². The Morgan fingerprint density at radius 3 is 2.03 bits per heavy atom. The van der Waals surface area contributed by atoms with Gasteiger partial charge in [-0.15, -0.1) is 0 Å². The van der Waals surface area contributed by atoms with Crippen molar-refractivity contribution in [1.82, 2.24) is 0 Å². The first-order valence-electron chi connectivity index (χ1n) is 12.9. The molecule has 0 unspecified atom stereocenters. The minimum Gasteiger partial charge on any atom is -0.465 e. The fourth-order valence-corrected chi connectivity index (χ4v) is 6.40. The van der Waals surface area contributed by atoms with Crippen LogP contribution in [0.4, 0.5) is 5.69 Å². The van der Waals surface area contributed by atoms with Gasteiger partial charge in [-0.2, -0.15) is 0 Å². The Kier molecular flexibility index (Phi) is 6.71. The Labute approximate surface area is 216 Å². The third-order valence-corrected chi connectivity index (χ3v) is 7.93. The van der Waals surface area contributed by atoms with Gasteiger partial charge < -0.3 is 9.47 Å². The summed E-state index contributed by atoms with van der Waals surface area (Å²) < 4.78 is 10.7. The van der Waals surface area contributed by atoms with Gasteiger partial charge in [-0.05, 0) is 62.6 Å². The van der Waals surface area contributed by atoms with Crippen LogP contribution in [0.2, 0.25) is 0 Å². The summed E-state index contributed by atoms with van der Waals surface area (Å²) in [6.07, 6.45) is 2.85. The third-order valence-electron chi connectivity index (χ3n) is 7.93. The first kappa shape index (κ1) is 24.9. The molecule has 1 heterocycles. The van der Waals surface area contributed by atoms with Crippen LogP contribution in [0.15, 0.2) is 72.3 Å². The molecule has 7 heteroatoms. The lowest BCUT2D eigenvalue weighted by atomic mass is 9.67. The van der Waals surface area contributed by atoms with Gasteiger partial charge in [0.05, 0.1) is 30.7 Å². The summed E-state index contributed by atoms with van der Waals surface area (Å²) in [7, 11) is 0. The van der Waals surface area contributed by atoms with Crippen LogP contribution in [0.3, 0.4) is 0 Å². The Morgan fingerprint density at radius 1 is 0.865 bits per heavy atom. The summed E-state index contributed by atoms with van der Waals surface area (Å²) in [6, 6.07) is 18.8. The van der Waals surface area contributed by atoms with Crippen molar-refractivity contribution < 1.29 is 28.7 Å². The number of rotatable bonds is 7. The van der Waals surface area contributed by atoms with E-state index in [0.29, 0.717) is 12.1 Å². The summed E-state index contributed by atoms with van der Waals surface area (Å²) in [5.41, 5.74) is 0.935. The van der Waals surface area contributed by atoms with E-state index in [1.807, 2.05) is 42.5 Å². The van der Waals surface area contributed by atoms with Gasteiger partial charge in [0.2, 0.25) is 11.8 Å². The zero-order valence-corrected chi connectivity index (χ0v) is 21.1. The highest BCUT2D eigenvalue weighted by atomic mass is 16.6. The average Bonchev–Trinajstić information content (AvgIpc) is 3.41. The lowest BCUT2D eigenvalue weighted by Crippen LogP contribution is -2.41. The largest absolute Gasteiger partial charge is 0.465 e. The number of fused-ring (bicyclic) bond motifs is 3. The third kappa shape index (κ3) is 4.16. The van der Waals surface area contributed by atoms with Gasteiger partial charge in [-0.1, -0.05) is 60.2 Å². The molecule has 1 aliphatic heterocycles. The number of nitrogens with zero attached hydrogens (tertiary/aromatic N) is 1. The van der Waals surface area contributed by atoms with Gasteiger partial charge in [0.1, 0.15) is 0 Å². The van der Waals surface area contributed by atoms with Gasteiger partial charge in [0.15, 0.2) is 5.41 Å². The highest BCUT2D eigenvalue weighted by molar-refractivity contribution is 6.22. The van der Waals surface area contributed by atoms with Gasteiger partial charge in [0.25, 0.3) is 0 Å². The van der Waals surface area contributed by atoms with Crippen molar-refractivity contribution in [2.45, 2.75) is 33.1 Å².